The van der Waals surface area contributed by atoms with Crippen LogP contribution in [0.5, 0.6) is 0 Å². The van der Waals surface area contributed by atoms with Gasteiger partial charge in [-0.3, -0.25) is 9.59 Å². The summed E-state index contributed by atoms with van der Waals surface area (Å²) in [7, 11) is 2.53. The Balaban J connectivity index is 0.00000297. The Kier molecular flexibility index (Phi) is 14.6. The third kappa shape index (κ3) is 10.6. The van der Waals surface area contributed by atoms with Gasteiger partial charge in [0.15, 0.2) is 0 Å². The molecule has 1 fully saturated rings. The van der Waals surface area contributed by atoms with Crippen LogP contribution in [-0.2, 0) is 25.5 Å². The number of H-pyrrole nitrogens is 2. The number of aromatic nitrogens is 4. The number of ether oxygens (including phenoxy) is 2. The molecule has 5 N–H and O–H groups in total. The van der Waals surface area contributed by atoms with Crippen LogP contribution in [0.2, 0.25) is 0 Å². The lowest BCUT2D eigenvalue weighted by Crippen LogP contribution is -2.48. The van der Waals surface area contributed by atoms with Gasteiger partial charge < -0.3 is 40.3 Å². The summed E-state index contributed by atoms with van der Waals surface area (Å²) in [6, 6.07) is 12.9. The SMILES string of the molecule is CC.CCC(NC(=O)OC)C(=O)N1CCCC1c1ncc(-c2ccc(C#Cc3ccc4nc(CCCCNC(=O)CNC(=O)OC)[nH]c4c3)cc2)[nH]1. The van der Waals surface area contributed by atoms with Gasteiger partial charge in [0.1, 0.15) is 17.7 Å². The van der Waals surface area contributed by atoms with Gasteiger partial charge in [0, 0.05) is 30.6 Å². The molecule has 2 atom stereocenters. The third-order valence-electron chi connectivity index (χ3n) is 8.45. The molecule has 2 aromatic heterocycles. The Labute approximate surface area is 303 Å². The maximum atomic E-state index is 13.2. The quantitative estimate of drug-likeness (QED) is 0.101. The highest BCUT2D eigenvalue weighted by molar-refractivity contribution is 5.86. The maximum absolute atomic E-state index is 13.2. The van der Waals surface area contributed by atoms with Crippen LogP contribution < -0.4 is 16.0 Å². The smallest absolute Gasteiger partial charge is 0.407 e. The van der Waals surface area contributed by atoms with E-state index in [9.17, 15) is 19.2 Å². The van der Waals surface area contributed by atoms with E-state index >= 15 is 0 Å². The molecule has 1 aliphatic heterocycles. The first-order valence-electron chi connectivity index (χ1n) is 17.7. The zero-order chi connectivity index (χ0) is 37.5. The number of hydrogen-bond acceptors (Lipinski definition) is 8. The summed E-state index contributed by atoms with van der Waals surface area (Å²) in [5, 5.41) is 7.74. The molecular weight excluding hydrogens is 664 g/mol. The van der Waals surface area contributed by atoms with Gasteiger partial charge in [0.25, 0.3) is 0 Å². The molecule has 0 aliphatic carbocycles. The molecule has 14 nitrogen and oxygen atoms in total. The van der Waals surface area contributed by atoms with Crippen molar-refractivity contribution in [2.24, 2.45) is 0 Å². The number of methoxy groups -OCH3 is 2. The molecule has 276 valence electrons. The van der Waals surface area contributed by atoms with Crippen LogP contribution in [0.15, 0.2) is 48.7 Å². The molecule has 3 heterocycles. The van der Waals surface area contributed by atoms with Gasteiger partial charge in [0.2, 0.25) is 11.8 Å². The van der Waals surface area contributed by atoms with E-state index in [0.29, 0.717) is 19.5 Å². The van der Waals surface area contributed by atoms with Gasteiger partial charge in [-0.2, -0.15) is 0 Å². The van der Waals surface area contributed by atoms with Crippen LogP contribution in [0.1, 0.15) is 81.7 Å². The molecule has 0 spiro atoms. The standard InChI is InChI=1S/C36H42N8O6.C2H6/c1-4-26(43-36(48)50-3)34(46)44-19-7-8-30(44)33-38-21-29(42-33)25-15-12-23(13-16-25)10-11-24-14-17-27-28(20-24)41-31(40-27)9-5-6-18-37-32(45)22-39-35(47)49-2;1-2/h12-17,20-21,26,30H,4-9,18-19,22H2,1-3H3,(H,37,45)(H,38,42)(H,39,47)(H,40,41)(H,43,48);1-2H3. The van der Waals surface area contributed by atoms with Gasteiger partial charge in [-0.1, -0.05) is 44.7 Å². The van der Waals surface area contributed by atoms with E-state index < -0.39 is 18.2 Å². The molecular formula is C38H48N8O6. The topological polar surface area (TPSA) is 183 Å². The highest BCUT2D eigenvalue weighted by atomic mass is 16.5. The molecule has 4 aromatic rings. The third-order valence-corrected chi connectivity index (χ3v) is 8.45. The van der Waals surface area contributed by atoms with Crippen molar-refractivity contribution in [2.45, 2.75) is 71.4 Å². The number of aryl methyl sites for hydroxylation is 1. The average Bonchev–Trinajstić information content (AvgIpc) is 3.95. The van der Waals surface area contributed by atoms with Gasteiger partial charge in [0.05, 0.1) is 49.7 Å². The first-order chi connectivity index (χ1) is 25.3. The van der Waals surface area contributed by atoms with Crippen molar-refractivity contribution in [1.29, 1.82) is 0 Å². The lowest BCUT2D eigenvalue weighted by molar-refractivity contribution is -0.134. The fourth-order valence-corrected chi connectivity index (χ4v) is 5.78. The van der Waals surface area contributed by atoms with E-state index in [-0.39, 0.29) is 24.4 Å². The molecule has 2 unspecified atom stereocenters. The van der Waals surface area contributed by atoms with E-state index in [1.807, 2.05) is 63.2 Å². The van der Waals surface area contributed by atoms with Crippen molar-refractivity contribution in [3.63, 3.8) is 0 Å². The minimum absolute atomic E-state index is 0.120. The number of imidazole rings is 2. The number of unbranched alkanes of at least 4 members (excludes halogenated alkanes) is 1. The summed E-state index contributed by atoms with van der Waals surface area (Å²) in [6.07, 6.45) is 4.96. The summed E-state index contributed by atoms with van der Waals surface area (Å²) >= 11 is 0. The molecule has 52 heavy (non-hydrogen) atoms. The Morgan fingerprint density at radius 2 is 1.69 bits per heavy atom. The predicted octanol–water partition coefficient (Wildman–Crippen LogP) is 4.97. The van der Waals surface area contributed by atoms with Gasteiger partial charge in [-0.25, -0.2) is 19.6 Å². The number of carbonyl (C=O) groups excluding carboxylic acids is 4. The van der Waals surface area contributed by atoms with E-state index in [1.165, 1.54) is 14.2 Å². The van der Waals surface area contributed by atoms with Crippen molar-refractivity contribution in [1.82, 2.24) is 40.8 Å². The highest BCUT2D eigenvalue weighted by Gasteiger charge is 2.35. The largest absolute Gasteiger partial charge is 0.453 e. The summed E-state index contributed by atoms with van der Waals surface area (Å²) in [6.45, 7) is 6.84. The van der Waals surface area contributed by atoms with Crippen LogP contribution in [-0.4, -0.2) is 88.7 Å². The maximum Gasteiger partial charge on any atom is 0.407 e. The Morgan fingerprint density at radius 3 is 2.42 bits per heavy atom. The normalized spacial score (nSPS) is 13.9. The van der Waals surface area contributed by atoms with E-state index in [2.05, 4.69) is 57.2 Å². The number of amides is 4. The highest BCUT2D eigenvalue weighted by Crippen LogP contribution is 2.32. The number of alkyl carbamates (subject to hydrolysis) is 2. The van der Waals surface area contributed by atoms with Gasteiger partial charge in [-0.05, 0) is 68.0 Å². The fourth-order valence-electron chi connectivity index (χ4n) is 5.78. The van der Waals surface area contributed by atoms with E-state index in [4.69, 9.17) is 0 Å². The second-order valence-electron chi connectivity index (χ2n) is 11.9. The number of likely N-dealkylation sites (tertiary alicyclic amines) is 1. The molecule has 1 saturated heterocycles. The van der Waals surface area contributed by atoms with E-state index in [0.717, 1.165) is 77.2 Å². The second kappa shape index (κ2) is 19.5. The zero-order valence-electron chi connectivity index (χ0n) is 30.4. The Bertz CT molecular complexity index is 1870. The molecule has 0 saturated carbocycles. The van der Waals surface area contributed by atoms with Crippen LogP contribution in [0.25, 0.3) is 22.3 Å². The number of fused-ring (bicyclic) bond motifs is 1. The van der Waals surface area contributed by atoms with Crippen molar-refractivity contribution in [2.75, 3.05) is 33.9 Å². The van der Waals surface area contributed by atoms with Gasteiger partial charge in [-0.15, -0.1) is 0 Å². The minimum Gasteiger partial charge on any atom is -0.453 e. The van der Waals surface area contributed by atoms with Crippen LogP contribution in [0.4, 0.5) is 9.59 Å². The summed E-state index contributed by atoms with van der Waals surface area (Å²) in [4.78, 5) is 65.6. The molecule has 2 aromatic carbocycles. The van der Waals surface area contributed by atoms with Crippen LogP contribution in [0.3, 0.4) is 0 Å². The molecule has 0 radical (unpaired) electrons. The lowest BCUT2D eigenvalue weighted by atomic mass is 10.1. The Hall–Kier alpha value is -5.84. The number of aromatic amines is 2. The molecule has 14 heteroatoms. The molecule has 0 bridgehead atoms. The van der Waals surface area contributed by atoms with Crippen molar-refractivity contribution < 1.29 is 28.7 Å². The van der Waals surface area contributed by atoms with Gasteiger partial charge >= 0.3 is 12.2 Å². The average molecular weight is 713 g/mol. The zero-order valence-corrected chi connectivity index (χ0v) is 30.4. The number of carbonyl (C=O) groups is 4. The number of hydrogen-bond donors (Lipinski definition) is 5. The van der Waals surface area contributed by atoms with Crippen molar-refractivity contribution in [3.05, 3.63) is 71.4 Å². The molecule has 4 amide bonds. The molecule has 5 rings (SSSR count). The Morgan fingerprint density at radius 1 is 0.962 bits per heavy atom. The number of benzene rings is 2. The second-order valence-corrected chi connectivity index (χ2v) is 11.9. The monoisotopic (exact) mass is 712 g/mol. The predicted molar refractivity (Wildman–Crippen MR) is 197 cm³/mol. The number of rotatable bonds is 12. The van der Waals surface area contributed by atoms with Crippen molar-refractivity contribution >= 4 is 35.0 Å². The number of nitrogens with zero attached hydrogens (tertiary/aromatic N) is 3. The first-order valence-corrected chi connectivity index (χ1v) is 17.7. The fraction of sp³-hybridized carbons (Fsp3) is 0.421. The summed E-state index contributed by atoms with van der Waals surface area (Å²) < 4.78 is 9.13. The van der Waals surface area contributed by atoms with Crippen LogP contribution in [0, 0.1) is 11.8 Å². The van der Waals surface area contributed by atoms with Crippen LogP contribution >= 0.6 is 0 Å². The summed E-state index contributed by atoms with van der Waals surface area (Å²) in [5.74, 6) is 7.65. The molecule has 1 aliphatic rings. The minimum atomic E-state index is -0.653. The first kappa shape index (κ1) is 39.0. The lowest BCUT2D eigenvalue weighted by Gasteiger charge is -2.27. The summed E-state index contributed by atoms with van der Waals surface area (Å²) in [5.41, 5.74) is 5.30. The van der Waals surface area contributed by atoms with Crippen molar-refractivity contribution in [3.8, 4) is 23.1 Å². The number of nitrogens with one attached hydrogen (secondary N) is 5. The van der Waals surface area contributed by atoms with E-state index in [1.54, 1.807) is 11.1 Å².